The summed E-state index contributed by atoms with van der Waals surface area (Å²) in [6.07, 6.45) is -30.7. The summed E-state index contributed by atoms with van der Waals surface area (Å²) in [5, 5.41) is 232. The van der Waals surface area contributed by atoms with Gasteiger partial charge in [-0.25, -0.2) is 0 Å². The fourth-order valence-corrected chi connectivity index (χ4v) is 16.5. The lowest BCUT2D eigenvalue weighted by molar-refractivity contribution is -0.387. The van der Waals surface area contributed by atoms with Crippen LogP contribution < -0.4 is 16.0 Å². The number of carbonyl (C=O) groups excluding carboxylic acids is 3. The third-order valence-corrected chi connectivity index (χ3v) is 23.8. The molecule has 0 aromatic rings. The maximum Gasteiger partial charge on any atom is 0.220 e. The predicted molar refractivity (Wildman–Crippen MR) is 425 cm³/mol. The first kappa shape index (κ1) is 106. The molecule has 7 saturated heterocycles. The van der Waals surface area contributed by atoms with Gasteiger partial charge in [-0.1, -0.05) is 180 Å². The van der Waals surface area contributed by atoms with Crippen LogP contribution in [0.3, 0.4) is 0 Å². The van der Waals surface area contributed by atoms with Crippen molar-refractivity contribution in [1.29, 1.82) is 0 Å². The Balaban J connectivity index is 0.992. The van der Waals surface area contributed by atoms with E-state index in [4.69, 9.17) is 66.3 Å². The molecule has 0 bridgehead atoms. The largest absolute Gasteiger partial charge is 0.394 e. The normalized spacial score (nSPS) is 38.9. The Labute approximate surface area is 713 Å². The predicted octanol–water partition coefficient (Wildman–Crippen LogP) is -3.57. The van der Waals surface area contributed by atoms with Gasteiger partial charge >= 0.3 is 0 Å². The van der Waals surface area contributed by atoms with E-state index in [0.29, 0.717) is 12.8 Å². The standard InChI is InChI=1S/C82H147N3O37/c1-6-8-10-12-14-16-18-20-21-23-25-27-29-31-33-35-54(94)85-46(47(93)34-32-30-28-26-24-22-19-17-15-13-11-9-7-2)41-109-79-67(105)64(102)70(50(38-88)115-79)119-81-68(106)65(103)71(51(39-89)116-81)120-82-69(107)74(60(98)49(37-87)113-82)122-78-55(83-44(4)91)61(99)59(97)53(117-78)42-110-77-56(84-45(5)92)73(118-75-63(101)57(95)43(3)111-76(75)108)72(52(40-90)114-77)121-80-66(104)62(100)58(96)48(36-86)112-80/h32,34,43,46-53,55-82,86-90,93,95-108H,6-31,33,35-42H2,1-5H3,(H,83,91)(H,84,92)(H,85,94)/b34-32+/t43?,46-,47+,48?,49?,50?,51?,52?,53?,55?,56?,57+,58-,59-,60-,61+,62-,63?,64+,65+,66?,67?,68?,69?,70+,71-,72+,73+,74-,75-,76+,77+,78-,79+,80-,81-,82-/m0/s1. The number of rotatable bonds is 54. The van der Waals surface area contributed by atoms with E-state index in [-0.39, 0.29) is 12.3 Å². The fourth-order valence-electron chi connectivity index (χ4n) is 16.5. The molecule has 14 unspecified atom stereocenters. The van der Waals surface area contributed by atoms with E-state index in [1.807, 2.05) is 6.08 Å². The third-order valence-electron chi connectivity index (χ3n) is 23.8. The molecule has 40 nitrogen and oxygen atoms in total. The van der Waals surface area contributed by atoms with Gasteiger partial charge < -0.3 is 184 Å². The molecular formula is C82H147N3O37. The van der Waals surface area contributed by atoms with Crippen LogP contribution in [0.1, 0.15) is 214 Å². The minimum Gasteiger partial charge on any atom is -0.394 e. The molecule has 37 atom stereocenters. The van der Waals surface area contributed by atoms with Crippen LogP contribution in [0.5, 0.6) is 0 Å². The van der Waals surface area contributed by atoms with Crippen LogP contribution in [0, 0.1) is 0 Å². The van der Waals surface area contributed by atoms with Crippen LogP contribution in [-0.4, -0.2) is 393 Å². The zero-order valence-electron chi connectivity index (χ0n) is 71.1. The SMILES string of the molecule is CCCCCCCCCCCCC/C=C/[C@@H](O)[C@H](CO[C@@H]1OC(CO)[C@@H](O[C@@H]2OC(CO)[C@H](O[C@@H]3OC(CO)[C@H](O)[C@H](O[C@@H]4OC(CO[C@@H]5OC(CO)[C@@H](O[C@@H]6OC(CO)[C@H](O)[C@H](O)C6O)[C@H](O[C@H]6C(O)[C@H](O)C(C)O[C@H]6O)C5NC(C)=O)[C@H](O)[C@H](O)C4NC(C)=O)C3O)[C@H](O)C2O)[C@H](O)C1O)NC(=O)CCCCCCCCCCCCCCCCC. The number of carbonyl (C=O) groups is 3. The van der Waals surface area contributed by atoms with Crippen molar-refractivity contribution < 1.29 is 183 Å². The number of unbranched alkanes of at least 4 members (excludes halogenated alkanes) is 25. The summed E-state index contributed by atoms with van der Waals surface area (Å²) in [6.45, 7) is 1.28. The first-order chi connectivity index (χ1) is 58.5. The van der Waals surface area contributed by atoms with E-state index < -0.39 is 285 Å². The summed E-state index contributed by atoms with van der Waals surface area (Å²) in [4.78, 5) is 39.5. The number of allylic oxidation sites excluding steroid dienone is 1. The highest BCUT2D eigenvalue weighted by atomic mass is 16.8. The minimum atomic E-state index is -2.29. The molecule has 40 heteroatoms. The molecule has 3 amide bonds. The summed E-state index contributed by atoms with van der Waals surface area (Å²) in [7, 11) is 0. The van der Waals surface area contributed by atoms with Gasteiger partial charge in [-0.05, 0) is 26.2 Å². The first-order valence-corrected chi connectivity index (χ1v) is 44.3. The molecule has 7 aliphatic heterocycles. The molecule has 0 aromatic carbocycles. The molecule has 7 fully saturated rings. The molecule has 0 spiro atoms. The second-order valence-corrected chi connectivity index (χ2v) is 33.5. The van der Waals surface area contributed by atoms with Crippen molar-refractivity contribution >= 4 is 17.7 Å². The van der Waals surface area contributed by atoms with Crippen LogP contribution in [0.2, 0.25) is 0 Å². The van der Waals surface area contributed by atoms with Gasteiger partial charge in [-0.3, -0.25) is 14.4 Å². The number of ether oxygens (including phenoxy) is 14. The van der Waals surface area contributed by atoms with Crippen molar-refractivity contribution in [2.24, 2.45) is 0 Å². The van der Waals surface area contributed by atoms with Crippen molar-refractivity contribution in [2.75, 3.05) is 46.2 Å². The quantitative estimate of drug-likeness (QED) is 0.0207. The third kappa shape index (κ3) is 31.0. The molecule has 0 aromatic heterocycles. The number of nitrogens with one attached hydrogen (secondary N) is 3. The maximum absolute atomic E-state index is 13.5. The Hall–Kier alpha value is -3.21. The first-order valence-electron chi connectivity index (χ1n) is 44.3. The smallest absolute Gasteiger partial charge is 0.220 e. The van der Waals surface area contributed by atoms with Crippen LogP contribution in [0.25, 0.3) is 0 Å². The lowest BCUT2D eigenvalue weighted by atomic mass is 9.93. The van der Waals surface area contributed by atoms with Crippen molar-refractivity contribution in [3.8, 4) is 0 Å². The summed E-state index contributed by atoms with van der Waals surface area (Å²) >= 11 is 0. The molecule has 712 valence electrons. The summed E-state index contributed by atoms with van der Waals surface area (Å²) in [5.41, 5.74) is 0. The van der Waals surface area contributed by atoms with Gasteiger partial charge in [0.25, 0.3) is 0 Å². The van der Waals surface area contributed by atoms with Crippen LogP contribution in [0.15, 0.2) is 12.2 Å². The van der Waals surface area contributed by atoms with E-state index in [9.17, 15) is 117 Å². The van der Waals surface area contributed by atoms with Crippen LogP contribution >= 0.6 is 0 Å². The molecule has 0 saturated carbocycles. The summed E-state index contributed by atoms with van der Waals surface area (Å²) in [6, 6.07) is -4.67. The molecular weight excluding hydrogens is 1620 g/mol. The van der Waals surface area contributed by atoms with Gasteiger partial charge in [-0.2, -0.15) is 0 Å². The highest BCUT2D eigenvalue weighted by molar-refractivity contribution is 5.76. The average molecular weight is 1770 g/mol. The van der Waals surface area contributed by atoms with Crippen molar-refractivity contribution in [2.45, 2.75) is 441 Å². The Kier molecular flexibility index (Phi) is 47.8. The topological polar surface area (TPSA) is 621 Å². The lowest BCUT2D eigenvalue weighted by Gasteiger charge is -2.51. The van der Waals surface area contributed by atoms with Gasteiger partial charge in [-0.15, -0.1) is 0 Å². The van der Waals surface area contributed by atoms with E-state index >= 15 is 0 Å². The second kappa shape index (κ2) is 55.1. The molecule has 7 rings (SSSR count). The zero-order chi connectivity index (χ0) is 89.3. The van der Waals surface area contributed by atoms with Gasteiger partial charge in [0.2, 0.25) is 17.7 Å². The zero-order valence-corrected chi connectivity index (χ0v) is 71.1. The van der Waals surface area contributed by atoms with E-state index in [1.54, 1.807) is 6.08 Å². The van der Waals surface area contributed by atoms with Gasteiger partial charge in [0.1, 0.15) is 165 Å². The Morgan fingerprint density at radius 2 is 0.746 bits per heavy atom. The monoisotopic (exact) mass is 1770 g/mol. The number of amides is 3. The maximum atomic E-state index is 13.5. The summed E-state index contributed by atoms with van der Waals surface area (Å²) < 4.78 is 83.2. The number of hydrogen-bond acceptors (Lipinski definition) is 37. The molecule has 23 N–H and O–H groups in total. The highest BCUT2D eigenvalue weighted by Crippen LogP contribution is 2.39. The van der Waals surface area contributed by atoms with Crippen molar-refractivity contribution in [1.82, 2.24) is 16.0 Å². The number of hydrogen-bond donors (Lipinski definition) is 23. The van der Waals surface area contributed by atoms with E-state index in [2.05, 4.69) is 29.8 Å². The fraction of sp³-hybridized carbons (Fsp3) is 0.939. The van der Waals surface area contributed by atoms with Crippen molar-refractivity contribution in [3.05, 3.63) is 12.2 Å². The number of aliphatic hydroxyl groups is 20. The number of aliphatic hydroxyl groups excluding tert-OH is 20. The summed E-state index contributed by atoms with van der Waals surface area (Å²) in [5.74, 6) is -2.08. The van der Waals surface area contributed by atoms with Gasteiger partial charge in [0.05, 0.1) is 64.5 Å². The van der Waals surface area contributed by atoms with Crippen molar-refractivity contribution in [3.63, 3.8) is 0 Å². The highest BCUT2D eigenvalue weighted by Gasteiger charge is 2.59. The lowest BCUT2D eigenvalue weighted by Crippen LogP contribution is -2.70. The molecule has 0 aliphatic carbocycles. The van der Waals surface area contributed by atoms with Gasteiger partial charge in [0, 0.05) is 20.3 Å². The molecule has 0 radical (unpaired) electrons. The molecule has 7 aliphatic rings. The molecule has 7 heterocycles. The minimum absolute atomic E-state index is 0.172. The second-order valence-electron chi connectivity index (χ2n) is 33.5. The molecule has 122 heavy (non-hydrogen) atoms. The average Bonchev–Trinajstić information content (AvgIpc) is 0.763. The van der Waals surface area contributed by atoms with E-state index in [1.165, 1.54) is 116 Å². The van der Waals surface area contributed by atoms with E-state index in [0.717, 1.165) is 65.2 Å². The van der Waals surface area contributed by atoms with Gasteiger partial charge in [0.15, 0.2) is 44.0 Å². The van der Waals surface area contributed by atoms with Crippen LogP contribution in [0.4, 0.5) is 0 Å². The Morgan fingerprint density at radius 1 is 0.352 bits per heavy atom. The Morgan fingerprint density at radius 3 is 1.25 bits per heavy atom. The van der Waals surface area contributed by atoms with Crippen LogP contribution in [-0.2, 0) is 80.7 Å². The Bertz CT molecular complexity index is 2910.